The average molecular weight is 374 g/mol. The topological polar surface area (TPSA) is 24.9 Å². The van der Waals surface area contributed by atoms with Gasteiger partial charge in [-0.2, -0.15) is 0 Å². The first kappa shape index (κ1) is 15.8. The van der Waals surface area contributed by atoms with Crippen molar-refractivity contribution < 1.29 is 0 Å². The largest absolute Gasteiger partial charge is 0.310 e. The minimum Gasteiger partial charge on any atom is -0.310 e. The van der Waals surface area contributed by atoms with Crippen LogP contribution in [0.25, 0.3) is 0 Å². The van der Waals surface area contributed by atoms with Crippen LogP contribution in [0.1, 0.15) is 24.1 Å². The third kappa shape index (κ3) is 3.95. The molecule has 0 spiro atoms. The van der Waals surface area contributed by atoms with Gasteiger partial charge < -0.3 is 5.32 Å². The quantitative estimate of drug-likeness (QED) is 0.793. The monoisotopic (exact) mass is 372 g/mol. The Morgan fingerprint density at radius 1 is 1.30 bits per heavy atom. The van der Waals surface area contributed by atoms with Gasteiger partial charge in [0.05, 0.1) is 10.0 Å². The van der Waals surface area contributed by atoms with Gasteiger partial charge in [0.15, 0.2) is 0 Å². The standard InChI is InChI=1S/C15H15BrCl2N2/c1-2-20-14(7-10-6-11(16)9-19-8-10)12-4-3-5-13(17)15(12)18/h3-6,8-9,14,20H,2,7H2,1H3. The van der Waals surface area contributed by atoms with Crippen LogP contribution in [0.3, 0.4) is 0 Å². The van der Waals surface area contributed by atoms with Crippen LogP contribution in [0.2, 0.25) is 10.0 Å². The minimum absolute atomic E-state index is 0.113. The van der Waals surface area contributed by atoms with Gasteiger partial charge in [0, 0.05) is 22.9 Å². The summed E-state index contributed by atoms with van der Waals surface area (Å²) in [5.41, 5.74) is 2.15. The summed E-state index contributed by atoms with van der Waals surface area (Å²) in [6.07, 6.45) is 4.45. The Labute approximate surface area is 137 Å². The number of benzene rings is 1. The molecule has 1 N–H and O–H groups in total. The molecule has 2 aromatic rings. The lowest BCUT2D eigenvalue weighted by molar-refractivity contribution is 0.549. The SMILES string of the molecule is CCNC(Cc1cncc(Br)c1)c1cccc(Cl)c1Cl. The minimum atomic E-state index is 0.113. The fourth-order valence-electron chi connectivity index (χ4n) is 2.13. The highest BCUT2D eigenvalue weighted by Gasteiger charge is 2.16. The molecule has 0 saturated heterocycles. The van der Waals surface area contributed by atoms with Crippen molar-refractivity contribution in [3.05, 3.63) is 62.3 Å². The van der Waals surface area contributed by atoms with Crippen LogP contribution in [-0.2, 0) is 6.42 Å². The number of nitrogens with zero attached hydrogens (tertiary/aromatic N) is 1. The molecule has 0 bridgehead atoms. The zero-order chi connectivity index (χ0) is 14.5. The number of nitrogens with one attached hydrogen (secondary N) is 1. The summed E-state index contributed by atoms with van der Waals surface area (Å²) < 4.78 is 0.974. The molecule has 1 aromatic carbocycles. The van der Waals surface area contributed by atoms with Crippen LogP contribution >= 0.6 is 39.1 Å². The fourth-order valence-corrected chi connectivity index (χ4v) is 2.98. The molecular weight excluding hydrogens is 359 g/mol. The normalized spacial score (nSPS) is 12.4. The fraction of sp³-hybridized carbons (Fsp3) is 0.267. The summed E-state index contributed by atoms with van der Waals surface area (Å²) in [4.78, 5) is 4.20. The smallest absolute Gasteiger partial charge is 0.0640 e. The number of rotatable bonds is 5. The molecule has 0 aliphatic carbocycles. The Balaban J connectivity index is 2.29. The Bertz CT molecular complexity index is 590. The van der Waals surface area contributed by atoms with E-state index in [1.165, 1.54) is 0 Å². The van der Waals surface area contributed by atoms with Crippen molar-refractivity contribution in [3.8, 4) is 0 Å². The zero-order valence-corrected chi connectivity index (χ0v) is 14.1. The Kier molecular flexibility index (Phi) is 5.85. The lowest BCUT2D eigenvalue weighted by Crippen LogP contribution is -2.23. The molecule has 0 saturated carbocycles. The molecule has 0 fully saturated rings. The number of likely N-dealkylation sites (N-methyl/N-ethyl adjacent to an activating group) is 1. The van der Waals surface area contributed by atoms with E-state index in [-0.39, 0.29) is 6.04 Å². The van der Waals surface area contributed by atoms with E-state index in [0.717, 1.165) is 28.6 Å². The van der Waals surface area contributed by atoms with E-state index in [9.17, 15) is 0 Å². The molecular formula is C15H15BrCl2N2. The van der Waals surface area contributed by atoms with Gasteiger partial charge in [-0.15, -0.1) is 0 Å². The van der Waals surface area contributed by atoms with Crippen LogP contribution in [0, 0.1) is 0 Å². The van der Waals surface area contributed by atoms with Crippen LogP contribution in [0.5, 0.6) is 0 Å². The van der Waals surface area contributed by atoms with Crippen LogP contribution in [-0.4, -0.2) is 11.5 Å². The van der Waals surface area contributed by atoms with Crippen molar-refractivity contribution in [2.24, 2.45) is 0 Å². The molecule has 0 amide bonds. The van der Waals surface area contributed by atoms with E-state index < -0.39 is 0 Å². The summed E-state index contributed by atoms with van der Waals surface area (Å²) in [5.74, 6) is 0. The first-order valence-electron chi connectivity index (χ1n) is 6.38. The zero-order valence-electron chi connectivity index (χ0n) is 11.0. The lowest BCUT2D eigenvalue weighted by atomic mass is 9.99. The second kappa shape index (κ2) is 7.41. The van der Waals surface area contributed by atoms with Gasteiger partial charge in [-0.25, -0.2) is 0 Å². The van der Waals surface area contributed by atoms with Crippen LogP contribution in [0.15, 0.2) is 41.1 Å². The highest BCUT2D eigenvalue weighted by atomic mass is 79.9. The molecule has 5 heteroatoms. The maximum Gasteiger partial charge on any atom is 0.0640 e. The summed E-state index contributed by atoms with van der Waals surface area (Å²) in [6.45, 7) is 2.93. The third-order valence-corrected chi connectivity index (χ3v) is 4.28. The van der Waals surface area contributed by atoms with E-state index >= 15 is 0 Å². The predicted molar refractivity (Wildman–Crippen MR) is 88.5 cm³/mol. The molecule has 2 nitrogen and oxygen atoms in total. The van der Waals surface area contributed by atoms with Crippen molar-refractivity contribution in [2.75, 3.05) is 6.54 Å². The maximum atomic E-state index is 6.32. The average Bonchev–Trinajstić information content (AvgIpc) is 2.42. The van der Waals surface area contributed by atoms with E-state index in [4.69, 9.17) is 23.2 Å². The molecule has 1 atom stereocenters. The highest BCUT2D eigenvalue weighted by molar-refractivity contribution is 9.10. The predicted octanol–water partition coefficient (Wildman–Crippen LogP) is 5.04. The maximum absolute atomic E-state index is 6.32. The molecule has 1 unspecified atom stereocenters. The number of halogens is 3. The van der Waals surface area contributed by atoms with Gasteiger partial charge in [-0.1, -0.05) is 42.3 Å². The van der Waals surface area contributed by atoms with Crippen molar-refractivity contribution in [3.63, 3.8) is 0 Å². The summed E-state index contributed by atoms with van der Waals surface area (Å²) in [5, 5.41) is 4.65. The summed E-state index contributed by atoms with van der Waals surface area (Å²) in [6, 6.07) is 7.91. The molecule has 0 aliphatic rings. The van der Waals surface area contributed by atoms with E-state index in [2.05, 4.69) is 39.2 Å². The van der Waals surface area contributed by atoms with Gasteiger partial charge >= 0.3 is 0 Å². The molecule has 1 heterocycles. The molecule has 0 radical (unpaired) electrons. The first-order chi connectivity index (χ1) is 9.61. The van der Waals surface area contributed by atoms with E-state index in [1.54, 1.807) is 12.3 Å². The number of hydrogen-bond acceptors (Lipinski definition) is 2. The van der Waals surface area contributed by atoms with Gasteiger partial charge in [0.25, 0.3) is 0 Å². The van der Waals surface area contributed by atoms with Crippen LogP contribution < -0.4 is 5.32 Å². The lowest BCUT2D eigenvalue weighted by Gasteiger charge is -2.20. The van der Waals surface area contributed by atoms with Gasteiger partial charge in [-0.05, 0) is 52.2 Å². The second-order valence-corrected chi connectivity index (χ2v) is 6.17. The number of aromatic nitrogens is 1. The van der Waals surface area contributed by atoms with E-state index in [0.29, 0.717) is 10.0 Å². The number of pyridine rings is 1. The van der Waals surface area contributed by atoms with Crippen LogP contribution in [0.4, 0.5) is 0 Å². The Morgan fingerprint density at radius 3 is 2.80 bits per heavy atom. The van der Waals surface area contributed by atoms with Crippen molar-refractivity contribution in [1.29, 1.82) is 0 Å². The molecule has 106 valence electrons. The summed E-state index contributed by atoms with van der Waals surface area (Å²) >= 11 is 15.9. The summed E-state index contributed by atoms with van der Waals surface area (Å²) in [7, 11) is 0. The highest BCUT2D eigenvalue weighted by Crippen LogP contribution is 2.31. The molecule has 20 heavy (non-hydrogen) atoms. The van der Waals surface area contributed by atoms with Crippen molar-refractivity contribution in [2.45, 2.75) is 19.4 Å². The second-order valence-electron chi connectivity index (χ2n) is 4.47. The molecule has 0 aliphatic heterocycles. The van der Waals surface area contributed by atoms with Crippen molar-refractivity contribution in [1.82, 2.24) is 10.3 Å². The Morgan fingerprint density at radius 2 is 2.10 bits per heavy atom. The Hall–Kier alpha value is -0.610. The molecule has 2 rings (SSSR count). The van der Waals surface area contributed by atoms with Gasteiger partial charge in [0.2, 0.25) is 0 Å². The van der Waals surface area contributed by atoms with Gasteiger partial charge in [-0.3, -0.25) is 4.98 Å². The first-order valence-corrected chi connectivity index (χ1v) is 7.93. The number of hydrogen-bond donors (Lipinski definition) is 1. The third-order valence-electron chi connectivity index (χ3n) is 3.01. The molecule has 1 aromatic heterocycles. The van der Waals surface area contributed by atoms with Crippen molar-refractivity contribution >= 4 is 39.1 Å². The van der Waals surface area contributed by atoms with E-state index in [1.807, 2.05) is 18.3 Å². The van der Waals surface area contributed by atoms with Gasteiger partial charge in [0.1, 0.15) is 0 Å².